The normalized spacial score (nSPS) is 18.3. The van der Waals surface area contributed by atoms with Gasteiger partial charge in [-0.25, -0.2) is 18.2 Å². The van der Waals surface area contributed by atoms with Gasteiger partial charge >= 0.3 is 6.09 Å². The number of alkyl carbamates (subject to hydrolysis) is 1. The van der Waals surface area contributed by atoms with Crippen molar-refractivity contribution in [1.82, 2.24) is 20.1 Å². The summed E-state index contributed by atoms with van der Waals surface area (Å²) in [5, 5.41) is 11.5. The lowest BCUT2D eigenvalue weighted by Crippen LogP contribution is -2.38. The van der Waals surface area contributed by atoms with Gasteiger partial charge in [0.25, 0.3) is 0 Å². The molecule has 9 nitrogen and oxygen atoms in total. The molecule has 1 fully saturated rings. The molecule has 11 heteroatoms. The summed E-state index contributed by atoms with van der Waals surface area (Å²) < 4.78 is 32.3. The van der Waals surface area contributed by atoms with Crippen LogP contribution in [0.5, 0.6) is 0 Å². The molecule has 0 spiro atoms. The summed E-state index contributed by atoms with van der Waals surface area (Å²) in [5.74, 6) is 0.947. The highest BCUT2D eigenvalue weighted by Crippen LogP contribution is 2.40. The number of amides is 1. The number of sulfone groups is 1. The molecule has 1 amide bonds. The number of ether oxygens (including phenoxy) is 1. The number of benzene rings is 1. The lowest BCUT2D eigenvalue weighted by molar-refractivity contribution is 0.109. The standard InChI is InChI=1S/C25H33N5O4S2/c1-15(2)34-25(31)28-18-8-6-17(7-9-18)24-26-14-21(35-24)20-11-10-19(13-22(20)36(5,32)33)27-23-12-16(3)30(4)29-23/h10-15,17-18H,6-9H2,1-5H3,(H,27,29)(H,28,31). The Balaban J connectivity index is 1.48. The van der Waals surface area contributed by atoms with E-state index in [-0.39, 0.29) is 29.1 Å². The van der Waals surface area contributed by atoms with Crippen molar-refractivity contribution in [3.8, 4) is 10.4 Å². The molecule has 2 heterocycles. The van der Waals surface area contributed by atoms with Gasteiger partial charge in [0.05, 0.1) is 20.9 Å². The average molecular weight is 532 g/mol. The Labute approximate surface area is 216 Å². The minimum atomic E-state index is -3.48. The number of rotatable bonds is 7. The van der Waals surface area contributed by atoms with Crippen LogP contribution in [0.3, 0.4) is 0 Å². The molecule has 1 aliphatic carbocycles. The molecule has 0 aliphatic heterocycles. The summed E-state index contributed by atoms with van der Waals surface area (Å²) in [7, 11) is -1.62. The van der Waals surface area contributed by atoms with E-state index in [1.807, 2.05) is 46.0 Å². The van der Waals surface area contributed by atoms with Crippen molar-refractivity contribution < 1.29 is 17.9 Å². The summed E-state index contributed by atoms with van der Waals surface area (Å²) in [6.07, 6.45) is 6.01. The van der Waals surface area contributed by atoms with E-state index in [1.54, 1.807) is 16.9 Å². The first-order valence-corrected chi connectivity index (χ1v) is 14.8. The van der Waals surface area contributed by atoms with E-state index in [9.17, 15) is 13.2 Å². The van der Waals surface area contributed by atoms with E-state index in [0.29, 0.717) is 17.1 Å². The Morgan fingerprint density at radius 1 is 1.19 bits per heavy atom. The van der Waals surface area contributed by atoms with Gasteiger partial charge in [-0.1, -0.05) is 6.07 Å². The van der Waals surface area contributed by atoms with Crippen LogP contribution in [0.4, 0.5) is 16.3 Å². The van der Waals surface area contributed by atoms with Gasteiger partial charge in [0.2, 0.25) is 0 Å². The topological polar surface area (TPSA) is 115 Å². The Hall–Kier alpha value is -2.92. The van der Waals surface area contributed by atoms with Crippen LogP contribution in [0.1, 0.15) is 56.2 Å². The second kappa shape index (κ2) is 10.6. The van der Waals surface area contributed by atoms with Crippen molar-refractivity contribution in [2.24, 2.45) is 7.05 Å². The fourth-order valence-electron chi connectivity index (χ4n) is 4.38. The molecular formula is C25H33N5O4S2. The maximum atomic E-state index is 12.7. The zero-order valence-electron chi connectivity index (χ0n) is 21.2. The first-order chi connectivity index (χ1) is 17.0. The van der Waals surface area contributed by atoms with Crippen LogP contribution in [0.2, 0.25) is 0 Å². The molecule has 3 aromatic rings. The van der Waals surface area contributed by atoms with Crippen LogP contribution >= 0.6 is 11.3 Å². The lowest BCUT2D eigenvalue weighted by atomic mass is 9.86. The van der Waals surface area contributed by atoms with E-state index >= 15 is 0 Å². The molecule has 1 aromatic carbocycles. The van der Waals surface area contributed by atoms with Crippen molar-refractivity contribution in [2.45, 2.75) is 69.4 Å². The summed E-state index contributed by atoms with van der Waals surface area (Å²) >= 11 is 1.54. The number of carbonyl (C=O) groups excluding carboxylic acids is 1. The third kappa shape index (κ3) is 6.25. The van der Waals surface area contributed by atoms with E-state index in [0.717, 1.165) is 41.3 Å². The predicted molar refractivity (Wildman–Crippen MR) is 142 cm³/mol. The molecule has 194 valence electrons. The molecule has 2 N–H and O–H groups in total. The number of nitrogens with one attached hydrogen (secondary N) is 2. The fourth-order valence-corrected chi connectivity index (χ4v) is 6.49. The van der Waals surface area contributed by atoms with Gasteiger partial charge in [0.15, 0.2) is 15.7 Å². The number of hydrogen-bond acceptors (Lipinski definition) is 8. The fraction of sp³-hybridized carbons (Fsp3) is 0.480. The Bertz CT molecular complexity index is 1320. The zero-order valence-corrected chi connectivity index (χ0v) is 22.9. The Kier molecular flexibility index (Phi) is 7.70. The second-order valence-corrected chi connectivity index (χ2v) is 12.7. The van der Waals surface area contributed by atoms with E-state index in [4.69, 9.17) is 4.74 Å². The van der Waals surface area contributed by atoms with Crippen LogP contribution < -0.4 is 10.6 Å². The summed E-state index contributed by atoms with van der Waals surface area (Å²) in [6.45, 7) is 5.61. The largest absolute Gasteiger partial charge is 0.447 e. The minimum absolute atomic E-state index is 0.103. The highest BCUT2D eigenvalue weighted by atomic mass is 32.2. The van der Waals surface area contributed by atoms with Crippen LogP contribution in [0.15, 0.2) is 35.4 Å². The smallest absolute Gasteiger partial charge is 0.407 e. The maximum absolute atomic E-state index is 12.7. The first-order valence-electron chi connectivity index (χ1n) is 12.0. The molecule has 0 radical (unpaired) electrons. The number of nitrogens with zero attached hydrogens (tertiary/aromatic N) is 3. The van der Waals surface area contributed by atoms with Crippen molar-refractivity contribution in [3.63, 3.8) is 0 Å². The highest BCUT2D eigenvalue weighted by molar-refractivity contribution is 7.90. The van der Waals surface area contributed by atoms with Crippen molar-refractivity contribution in [3.05, 3.63) is 41.2 Å². The number of carbonyl (C=O) groups is 1. The molecular weight excluding hydrogens is 498 g/mol. The van der Waals surface area contributed by atoms with Crippen LogP contribution in [-0.4, -0.2) is 47.7 Å². The molecule has 0 atom stereocenters. The highest BCUT2D eigenvalue weighted by Gasteiger charge is 2.27. The Morgan fingerprint density at radius 3 is 2.53 bits per heavy atom. The predicted octanol–water partition coefficient (Wildman–Crippen LogP) is 5.16. The van der Waals surface area contributed by atoms with Crippen molar-refractivity contribution in [2.75, 3.05) is 11.6 Å². The Morgan fingerprint density at radius 2 is 1.92 bits per heavy atom. The molecule has 0 bridgehead atoms. The number of thiazole rings is 1. The van der Waals surface area contributed by atoms with Crippen molar-refractivity contribution in [1.29, 1.82) is 0 Å². The number of hydrogen-bond donors (Lipinski definition) is 2. The van der Waals surface area contributed by atoms with Crippen LogP contribution in [-0.2, 0) is 21.6 Å². The van der Waals surface area contributed by atoms with Crippen molar-refractivity contribution >= 4 is 38.8 Å². The average Bonchev–Trinajstić information content (AvgIpc) is 3.40. The van der Waals surface area contributed by atoms with Gasteiger partial charge in [-0.2, -0.15) is 5.10 Å². The van der Waals surface area contributed by atoms with Crippen LogP contribution in [0, 0.1) is 6.92 Å². The summed E-state index contributed by atoms with van der Waals surface area (Å²) in [5.41, 5.74) is 2.30. The third-order valence-corrected chi connectivity index (χ3v) is 8.63. The van der Waals surface area contributed by atoms with Gasteiger partial charge < -0.3 is 15.4 Å². The van der Waals surface area contributed by atoms with Gasteiger partial charge in [-0.15, -0.1) is 11.3 Å². The van der Waals surface area contributed by atoms with E-state index in [1.165, 1.54) is 17.6 Å². The monoisotopic (exact) mass is 531 g/mol. The number of aromatic nitrogens is 3. The summed E-state index contributed by atoms with van der Waals surface area (Å²) in [6, 6.07) is 7.35. The minimum Gasteiger partial charge on any atom is -0.447 e. The molecule has 36 heavy (non-hydrogen) atoms. The van der Waals surface area contributed by atoms with Gasteiger partial charge in [-0.05, 0) is 58.6 Å². The van der Waals surface area contributed by atoms with E-state index in [2.05, 4.69) is 20.7 Å². The quantitative estimate of drug-likeness (QED) is 0.433. The number of anilines is 2. The first kappa shape index (κ1) is 26.2. The molecule has 1 saturated carbocycles. The lowest BCUT2D eigenvalue weighted by Gasteiger charge is -2.28. The molecule has 1 aliphatic rings. The van der Waals surface area contributed by atoms with Crippen LogP contribution in [0.25, 0.3) is 10.4 Å². The molecule has 0 unspecified atom stereocenters. The van der Waals surface area contributed by atoms with Gasteiger partial charge in [-0.3, -0.25) is 4.68 Å². The molecule has 4 rings (SSSR count). The van der Waals surface area contributed by atoms with Gasteiger partial charge in [0, 0.05) is 54.5 Å². The maximum Gasteiger partial charge on any atom is 0.407 e. The summed E-state index contributed by atoms with van der Waals surface area (Å²) in [4.78, 5) is 17.6. The molecule has 0 saturated heterocycles. The van der Waals surface area contributed by atoms with Gasteiger partial charge in [0.1, 0.15) is 0 Å². The SMILES string of the molecule is Cc1cc(Nc2ccc(-c3cnc(C4CCC(NC(=O)OC(C)C)CC4)s3)c(S(C)(=O)=O)c2)nn1C. The second-order valence-electron chi connectivity index (χ2n) is 9.61. The van der Waals surface area contributed by atoms with E-state index < -0.39 is 9.84 Å². The molecule has 2 aromatic heterocycles. The number of aryl methyl sites for hydroxylation is 2. The third-order valence-electron chi connectivity index (χ3n) is 6.30. The zero-order chi connectivity index (χ0) is 26.0.